The van der Waals surface area contributed by atoms with Crippen LogP contribution in [0.25, 0.3) is 0 Å². The number of ether oxygens (including phenoxy) is 1. The van der Waals surface area contributed by atoms with E-state index in [-0.39, 0.29) is 16.5 Å². The molecule has 2 N–H and O–H groups in total. The van der Waals surface area contributed by atoms with Crippen molar-refractivity contribution in [3.05, 3.63) is 63.6 Å². The minimum atomic E-state index is -0.436. The van der Waals surface area contributed by atoms with Crippen molar-refractivity contribution in [3.63, 3.8) is 0 Å². The molecule has 2 aromatic carbocycles. The summed E-state index contributed by atoms with van der Waals surface area (Å²) in [6.45, 7) is 3.64. The van der Waals surface area contributed by atoms with Crippen LogP contribution in [-0.4, -0.2) is 31.6 Å². The van der Waals surface area contributed by atoms with E-state index in [1.54, 1.807) is 36.4 Å². The van der Waals surface area contributed by atoms with Gasteiger partial charge in [-0.3, -0.25) is 9.59 Å². The number of anilines is 1. The third-order valence-corrected chi connectivity index (χ3v) is 4.11. The minimum absolute atomic E-state index is 0.242. The van der Waals surface area contributed by atoms with Crippen LogP contribution in [0, 0.1) is 0 Å². The smallest absolute Gasteiger partial charge is 0.257 e. The quantitative estimate of drug-likeness (QED) is 0.651. The van der Waals surface area contributed by atoms with Gasteiger partial charge in [0.1, 0.15) is 0 Å². The van der Waals surface area contributed by atoms with Gasteiger partial charge in [-0.15, -0.1) is 0 Å². The lowest BCUT2D eigenvalue weighted by atomic mass is 10.1. The van der Waals surface area contributed by atoms with E-state index in [1.165, 1.54) is 6.07 Å². The van der Waals surface area contributed by atoms with Crippen LogP contribution in [0.4, 0.5) is 5.69 Å². The lowest BCUT2D eigenvalue weighted by Crippen LogP contribution is -2.27. The highest BCUT2D eigenvalue weighted by molar-refractivity contribution is 6.36. The number of carbonyl (C=O) groups is 2. The number of rotatable bonds is 8. The maximum Gasteiger partial charge on any atom is 0.257 e. The summed E-state index contributed by atoms with van der Waals surface area (Å²) in [5.74, 6) is -0.705. The van der Waals surface area contributed by atoms with Gasteiger partial charge in [0, 0.05) is 24.8 Å². The molecule has 0 spiro atoms. The molecular formula is C19H20Cl2N2O3. The van der Waals surface area contributed by atoms with Gasteiger partial charge in [0.05, 0.1) is 21.8 Å². The van der Waals surface area contributed by atoms with Gasteiger partial charge in [-0.1, -0.05) is 35.3 Å². The maximum absolute atomic E-state index is 12.5. The summed E-state index contributed by atoms with van der Waals surface area (Å²) in [5.41, 5.74) is 1.01. The number of para-hydroxylation sites is 1. The highest BCUT2D eigenvalue weighted by Crippen LogP contribution is 2.23. The van der Waals surface area contributed by atoms with E-state index >= 15 is 0 Å². The van der Waals surface area contributed by atoms with Gasteiger partial charge < -0.3 is 15.4 Å². The van der Waals surface area contributed by atoms with Crippen LogP contribution < -0.4 is 10.6 Å². The zero-order valence-electron chi connectivity index (χ0n) is 14.4. The van der Waals surface area contributed by atoms with Crippen LogP contribution in [-0.2, 0) is 4.74 Å². The SMILES string of the molecule is CCOCCCNC(=O)c1ccccc1NC(=O)c1cc(Cl)ccc1Cl. The third-order valence-electron chi connectivity index (χ3n) is 3.55. The van der Waals surface area contributed by atoms with Gasteiger partial charge in [-0.05, 0) is 43.7 Å². The lowest BCUT2D eigenvalue weighted by Gasteiger charge is -2.12. The second-order valence-electron chi connectivity index (χ2n) is 5.43. The largest absolute Gasteiger partial charge is 0.382 e. The highest BCUT2D eigenvalue weighted by atomic mass is 35.5. The summed E-state index contributed by atoms with van der Waals surface area (Å²) in [7, 11) is 0. The highest BCUT2D eigenvalue weighted by Gasteiger charge is 2.16. The molecule has 0 aliphatic carbocycles. The zero-order chi connectivity index (χ0) is 18.9. The summed E-state index contributed by atoms with van der Waals surface area (Å²) in [6.07, 6.45) is 0.715. The fourth-order valence-electron chi connectivity index (χ4n) is 2.27. The number of nitrogens with one attached hydrogen (secondary N) is 2. The van der Waals surface area contributed by atoms with E-state index in [2.05, 4.69) is 10.6 Å². The molecule has 26 heavy (non-hydrogen) atoms. The van der Waals surface area contributed by atoms with Gasteiger partial charge >= 0.3 is 0 Å². The average molecular weight is 395 g/mol. The fraction of sp³-hybridized carbons (Fsp3) is 0.263. The molecule has 0 saturated heterocycles. The van der Waals surface area contributed by atoms with Gasteiger partial charge in [0.2, 0.25) is 0 Å². The first-order chi connectivity index (χ1) is 12.5. The summed E-state index contributed by atoms with van der Waals surface area (Å²) in [5, 5.41) is 6.22. The van der Waals surface area contributed by atoms with E-state index in [4.69, 9.17) is 27.9 Å². The number of hydrogen-bond donors (Lipinski definition) is 2. The Kier molecular flexibility index (Phi) is 7.91. The number of halogens is 2. The number of hydrogen-bond acceptors (Lipinski definition) is 3. The fourth-order valence-corrected chi connectivity index (χ4v) is 2.64. The second kappa shape index (κ2) is 10.2. The lowest BCUT2D eigenvalue weighted by molar-refractivity contribution is 0.0945. The van der Waals surface area contributed by atoms with Crippen molar-refractivity contribution in [2.75, 3.05) is 25.1 Å². The first kappa shape index (κ1) is 20.2. The molecule has 0 aliphatic rings. The molecule has 2 rings (SSSR count). The average Bonchev–Trinajstić information content (AvgIpc) is 2.63. The van der Waals surface area contributed by atoms with Crippen LogP contribution in [0.2, 0.25) is 10.0 Å². The topological polar surface area (TPSA) is 67.4 Å². The van der Waals surface area contributed by atoms with E-state index in [0.29, 0.717) is 42.5 Å². The molecule has 0 fully saturated rings. The molecule has 0 aliphatic heterocycles. The molecule has 0 unspecified atom stereocenters. The second-order valence-corrected chi connectivity index (χ2v) is 6.27. The van der Waals surface area contributed by atoms with Crippen molar-refractivity contribution >= 4 is 40.7 Å². The van der Waals surface area contributed by atoms with Crippen molar-refractivity contribution < 1.29 is 14.3 Å². The van der Waals surface area contributed by atoms with E-state index in [0.717, 1.165) is 0 Å². The molecule has 2 amide bonds. The van der Waals surface area contributed by atoms with Crippen LogP contribution in [0.15, 0.2) is 42.5 Å². The molecule has 5 nitrogen and oxygen atoms in total. The summed E-state index contributed by atoms with van der Waals surface area (Å²) in [4.78, 5) is 24.9. The Balaban J connectivity index is 2.07. The van der Waals surface area contributed by atoms with E-state index < -0.39 is 5.91 Å². The molecule has 138 valence electrons. The van der Waals surface area contributed by atoms with Gasteiger partial charge in [-0.2, -0.15) is 0 Å². The molecule has 7 heteroatoms. The summed E-state index contributed by atoms with van der Waals surface area (Å²) >= 11 is 12.0. The molecular weight excluding hydrogens is 375 g/mol. The van der Waals surface area contributed by atoms with Crippen LogP contribution >= 0.6 is 23.2 Å². The van der Waals surface area contributed by atoms with Gasteiger partial charge in [-0.25, -0.2) is 0 Å². The van der Waals surface area contributed by atoms with Crippen molar-refractivity contribution in [1.29, 1.82) is 0 Å². The van der Waals surface area contributed by atoms with Crippen molar-refractivity contribution in [2.24, 2.45) is 0 Å². The standard InChI is InChI=1S/C19H20Cl2N2O3/c1-2-26-11-5-10-22-18(24)14-6-3-4-7-17(14)23-19(25)15-12-13(20)8-9-16(15)21/h3-4,6-9,12H,2,5,10-11H2,1H3,(H,22,24)(H,23,25). The maximum atomic E-state index is 12.5. The molecule has 0 heterocycles. The zero-order valence-corrected chi connectivity index (χ0v) is 15.9. The molecule has 2 aromatic rings. The van der Waals surface area contributed by atoms with Crippen LogP contribution in [0.3, 0.4) is 0 Å². The number of benzene rings is 2. The van der Waals surface area contributed by atoms with Gasteiger partial charge in [0.25, 0.3) is 11.8 Å². The minimum Gasteiger partial charge on any atom is -0.382 e. The van der Waals surface area contributed by atoms with Gasteiger partial charge in [0.15, 0.2) is 0 Å². The first-order valence-corrected chi connectivity index (χ1v) is 9.00. The number of amides is 2. The van der Waals surface area contributed by atoms with Crippen molar-refractivity contribution in [3.8, 4) is 0 Å². The molecule has 0 saturated carbocycles. The Bertz CT molecular complexity index is 781. The Labute approximate surface area is 162 Å². The first-order valence-electron chi connectivity index (χ1n) is 8.24. The van der Waals surface area contributed by atoms with Crippen LogP contribution in [0.1, 0.15) is 34.1 Å². The third kappa shape index (κ3) is 5.73. The molecule has 0 aromatic heterocycles. The normalized spacial score (nSPS) is 10.4. The Morgan fingerprint density at radius 1 is 1.04 bits per heavy atom. The Morgan fingerprint density at radius 3 is 2.58 bits per heavy atom. The van der Waals surface area contributed by atoms with E-state index in [1.807, 2.05) is 6.92 Å². The van der Waals surface area contributed by atoms with E-state index in [9.17, 15) is 9.59 Å². The molecule has 0 atom stereocenters. The molecule has 0 bridgehead atoms. The van der Waals surface area contributed by atoms with Crippen molar-refractivity contribution in [1.82, 2.24) is 5.32 Å². The number of carbonyl (C=O) groups excluding carboxylic acids is 2. The summed E-state index contributed by atoms with van der Waals surface area (Å²) < 4.78 is 5.24. The van der Waals surface area contributed by atoms with Crippen LogP contribution in [0.5, 0.6) is 0 Å². The monoisotopic (exact) mass is 394 g/mol. The predicted molar refractivity (Wildman–Crippen MR) is 104 cm³/mol. The van der Waals surface area contributed by atoms with Crippen molar-refractivity contribution in [2.45, 2.75) is 13.3 Å². The predicted octanol–water partition coefficient (Wildman–Crippen LogP) is 4.40. The Morgan fingerprint density at radius 2 is 1.81 bits per heavy atom. The molecule has 0 radical (unpaired) electrons. The summed E-state index contributed by atoms with van der Waals surface area (Å²) in [6, 6.07) is 11.4. The Hall–Kier alpha value is -2.08.